The molecule has 1 aromatic heterocycles. The zero-order valence-corrected chi connectivity index (χ0v) is 20.2. The molecule has 4 aromatic rings. The Morgan fingerprint density at radius 3 is 2.42 bits per heavy atom. The first kappa shape index (κ1) is 21.4. The normalized spacial score (nSPS) is 11.5. The molecule has 0 aliphatic rings. The number of amides is 1. The molecule has 3 aromatic carbocycles. The molecule has 31 heavy (non-hydrogen) atoms. The fourth-order valence-electron chi connectivity index (χ4n) is 3.27. The Morgan fingerprint density at radius 2 is 1.68 bits per heavy atom. The van der Waals surface area contributed by atoms with Crippen LogP contribution in [0.4, 0.5) is 0 Å². The second-order valence-electron chi connectivity index (χ2n) is 7.20. The largest absolute Gasteiger partial charge is 0.272 e. The molecule has 0 aliphatic carbocycles. The third-order valence-electron chi connectivity index (χ3n) is 4.95. The van der Waals surface area contributed by atoms with E-state index in [0.29, 0.717) is 11.3 Å². The van der Waals surface area contributed by atoms with Gasteiger partial charge in [0.2, 0.25) is 0 Å². The average molecular weight is 537 g/mol. The van der Waals surface area contributed by atoms with Crippen molar-refractivity contribution in [2.24, 2.45) is 5.10 Å². The van der Waals surface area contributed by atoms with E-state index in [-0.39, 0.29) is 5.91 Å². The molecule has 0 saturated heterocycles. The molecule has 154 valence electrons. The average Bonchev–Trinajstić information content (AvgIpc) is 2.77. The van der Waals surface area contributed by atoms with Gasteiger partial charge in [0, 0.05) is 25.5 Å². The molecule has 0 radical (unpaired) electrons. The Labute approximate surface area is 197 Å². The predicted octanol–water partition coefficient (Wildman–Crippen LogP) is 6.89. The number of aryl methyl sites for hydroxylation is 1. The van der Waals surface area contributed by atoms with Crippen molar-refractivity contribution in [3.8, 4) is 11.3 Å². The second kappa shape index (κ2) is 9.12. The lowest BCUT2D eigenvalue weighted by molar-refractivity contribution is 0.0956. The van der Waals surface area contributed by atoms with Crippen LogP contribution in [0.3, 0.4) is 0 Å². The number of aromatic nitrogens is 1. The van der Waals surface area contributed by atoms with Crippen LogP contribution < -0.4 is 5.43 Å². The SMILES string of the molecule is C/C(=N/NC(=O)c1cc(-c2ccc(C)cc2)nc2ccccc12)c1ccc(Br)cc1Br. The summed E-state index contributed by atoms with van der Waals surface area (Å²) in [6, 6.07) is 23.4. The highest BCUT2D eigenvalue weighted by atomic mass is 79.9. The van der Waals surface area contributed by atoms with Gasteiger partial charge in [-0.1, -0.05) is 86.0 Å². The molecule has 1 amide bonds. The molecule has 4 rings (SSSR count). The number of pyridine rings is 1. The van der Waals surface area contributed by atoms with Crippen LogP contribution >= 0.6 is 31.9 Å². The van der Waals surface area contributed by atoms with Gasteiger partial charge in [0.05, 0.1) is 22.5 Å². The minimum atomic E-state index is -0.278. The number of nitrogens with one attached hydrogen (secondary N) is 1. The first-order chi connectivity index (χ1) is 14.9. The lowest BCUT2D eigenvalue weighted by atomic mass is 10.0. The number of para-hydroxylation sites is 1. The van der Waals surface area contributed by atoms with E-state index in [9.17, 15) is 4.79 Å². The van der Waals surface area contributed by atoms with Gasteiger partial charge in [0.15, 0.2) is 0 Å². The molecule has 1 heterocycles. The summed E-state index contributed by atoms with van der Waals surface area (Å²) >= 11 is 6.99. The van der Waals surface area contributed by atoms with Crippen LogP contribution in [0.1, 0.15) is 28.4 Å². The molecule has 0 atom stereocenters. The van der Waals surface area contributed by atoms with E-state index >= 15 is 0 Å². The van der Waals surface area contributed by atoms with E-state index in [1.54, 1.807) is 0 Å². The van der Waals surface area contributed by atoms with Crippen LogP contribution in [0.2, 0.25) is 0 Å². The molecular weight excluding hydrogens is 518 g/mol. The van der Waals surface area contributed by atoms with Crippen LogP contribution in [-0.2, 0) is 0 Å². The molecule has 0 unspecified atom stereocenters. The van der Waals surface area contributed by atoms with E-state index in [2.05, 4.69) is 42.4 Å². The number of hydrogen-bond acceptors (Lipinski definition) is 3. The lowest BCUT2D eigenvalue weighted by Crippen LogP contribution is -2.20. The summed E-state index contributed by atoms with van der Waals surface area (Å²) in [6.45, 7) is 3.90. The molecule has 4 nitrogen and oxygen atoms in total. The molecule has 6 heteroatoms. The Morgan fingerprint density at radius 1 is 0.935 bits per heavy atom. The zero-order valence-electron chi connectivity index (χ0n) is 17.0. The van der Waals surface area contributed by atoms with Gasteiger partial charge in [-0.25, -0.2) is 10.4 Å². The van der Waals surface area contributed by atoms with E-state index in [1.807, 2.05) is 86.6 Å². The van der Waals surface area contributed by atoms with Crippen molar-refractivity contribution in [3.05, 3.63) is 98.4 Å². The summed E-state index contributed by atoms with van der Waals surface area (Å²) in [7, 11) is 0. The molecule has 0 bridgehead atoms. The second-order valence-corrected chi connectivity index (χ2v) is 8.97. The first-order valence-corrected chi connectivity index (χ1v) is 11.3. The van der Waals surface area contributed by atoms with Crippen molar-refractivity contribution < 1.29 is 4.79 Å². The van der Waals surface area contributed by atoms with Crippen LogP contribution in [0.15, 0.2) is 86.8 Å². The summed E-state index contributed by atoms with van der Waals surface area (Å²) < 4.78 is 1.86. The number of carbonyl (C=O) groups excluding carboxylic acids is 1. The number of hydrazone groups is 1. The third-order valence-corrected chi connectivity index (χ3v) is 6.10. The van der Waals surface area contributed by atoms with Gasteiger partial charge >= 0.3 is 0 Å². The molecular formula is C25H19Br2N3O. The highest BCUT2D eigenvalue weighted by Crippen LogP contribution is 2.26. The fourth-order valence-corrected chi connectivity index (χ4v) is 4.61. The Hall–Kier alpha value is -2.83. The topological polar surface area (TPSA) is 54.4 Å². The number of halogens is 2. The Kier molecular flexibility index (Phi) is 6.30. The number of fused-ring (bicyclic) bond motifs is 1. The van der Waals surface area contributed by atoms with Gasteiger partial charge in [-0.15, -0.1) is 0 Å². The maximum atomic E-state index is 13.1. The molecule has 0 fully saturated rings. The summed E-state index contributed by atoms with van der Waals surface area (Å²) in [6.07, 6.45) is 0. The van der Waals surface area contributed by atoms with E-state index in [0.717, 1.165) is 36.7 Å². The van der Waals surface area contributed by atoms with Crippen molar-refractivity contribution in [1.29, 1.82) is 0 Å². The first-order valence-electron chi connectivity index (χ1n) is 9.69. The van der Waals surface area contributed by atoms with Crippen molar-refractivity contribution in [3.63, 3.8) is 0 Å². The van der Waals surface area contributed by atoms with E-state index < -0.39 is 0 Å². The summed E-state index contributed by atoms with van der Waals surface area (Å²) in [5, 5.41) is 5.12. The van der Waals surface area contributed by atoms with Gasteiger partial charge < -0.3 is 0 Å². The van der Waals surface area contributed by atoms with Gasteiger partial charge in [-0.05, 0) is 38.1 Å². The van der Waals surface area contributed by atoms with Crippen molar-refractivity contribution in [1.82, 2.24) is 10.4 Å². The molecule has 0 aliphatic heterocycles. The Balaban J connectivity index is 1.70. The monoisotopic (exact) mass is 535 g/mol. The van der Waals surface area contributed by atoms with Gasteiger partial charge in [0.25, 0.3) is 5.91 Å². The van der Waals surface area contributed by atoms with Gasteiger partial charge in [-0.3, -0.25) is 4.79 Å². The van der Waals surface area contributed by atoms with Crippen molar-refractivity contribution in [2.45, 2.75) is 13.8 Å². The smallest absolute Gasteiger partial charge is 0.267 e. The quantitative estimate of drug-likeness (QED) is 0.228. The number of rotatable bonds is 4. The van der Waals surface area contributed by atoms with E-state index in [1.165, 1.54) is 5.56 Å². The summed E-state index contributed by atoms with van der Waals surface area (Å²) in [4.78, 5) is 17.9. The number of hydrogen-bond donors (Lipinski definition) is 1. The molecule has 0 saturated carbocycles. The Bertz CT molecular complexity index is 1310. The van der Waals surface area contributed by atoms with Crippen LogP contribution in [0, 0.1) is 6.92 Å². The number of benzene rings is 3. The van der Waals surface area contributed by atoms with Crippen LogP contribution in [0.25, 0.3) is 22.2 Å². The van der Waals surface area contributed by atoms with Crippen molar-refractivity contribution in [2.75, 3.05) is 0 Å². The minimum absolute atomic E-state index is 0.278. The third kappa shape index (κ3) is 4.75. The van der Waals surface area contributed by atoms with Gasteiger partial charge in [-0.2, -0.15) is 5.10 Å². The standard InChI is InChI=1S/C25H19Br2N3O/c1-15-7-9-17(10-8-15)24-14-21(20-5-3-4-6-23(20)28-24)25(31)30-29-16(2)19-12-11-18(26)13-22(19)27/h3-14H,1-2H3,(H,30,31)/b29-16-. The van der Waals surface area contributed by atoms with E-state index in [4.69, 9.17) is 4.98 Å². The van der Waals surface area contributed by atoms with Crippen molar-refractivity contribution >= 4 is 54.4 Å². The lowest BCUT2D eigenvalue weighted by Gasteiger charge is -2.10. The highest BCUT2D eigenvalue weighted by molar-refractivity contribution is 9.11. The maximum absolute atomic E-state index is 13.1. The molecule has 1 N–H and O–H groups in total. The number of carbonyl (C=O) groups is 1. The minimum Gasteiger partial charge on any atom is -0.267 e. The zero-order chi connectivity index (χ0) is 22.0. The maximum Gasteiger partial charge on any atom is 0.272 e. The van der Waals surface area contributed by atoms with Crippen LogP contribution in [0.5, 0.6) is 0 Å². The predicted molar refractivity (Wildman–Crippen MR) is 133 cm³/mol. The summed E-state index contributed by atoms with van der Waals surface area (Å²) in [5.74, 6) is -0.278. The summed E-state index contributed by atoms with van der Waals surface area (Å²) in [5.41, 5.74) is 8.50. The van der Waals surface area contributed by atoms with Gasteiger partial charge in [0.1, 0.15) is 0 Å². The fraction of sp³-hybridized carbons (Fsp3) is 0.0800. The van der Waals surface area contributed by atoms with Crippen LogP contribution in [-0.4, -0.2) is 16.6 Å². The highest BCUT2D eigenvalue weighted by Gasteiger charge is 2.14. The number of nitrogens with zero attached hydrogens (tertiary/aromatic N) is 2. The molecule has 0 spiro atoms.